The lowest BCUT2D eigenvalue weighted by molar-refractivity contribution is 0.0345. The second kappa shape index (κ2) is 6.28. The van der Waals surface area contributed by atoms with Crippen LogP contribution in [0.15, 0.2) is 4.34 Å². The smallest absolute Gasteiger partial charge is 0.232 e. The number of aromatic nitrogens is 2. The van der Waals surface area contributed by atoms with E-state index in [0.717, 1.165) is 44.2 Å². The average molecular weight is 331 g/mol. The van der Waals surface area contributed by atoms with Crippen LogP contribution in [0.3, 0.4) is 0 Å². The first kappa shape index (κ1) is 15.3. The first-order chi connectivity index (χ1) is 10.0. The molecule has 0 amide bonds. The summed E-state index contributed by atoms with van der Waals surface area (Å²) < 4.78 is 28.5. The Hall–Kier alpha value is -0.570. The minimum atomic E-state index is -3.24. The Kier molecular flexibility index (Phi) is 4.58. The molecule has 8 heteroatoms. The molecule has 6 nitrogen and oxygen atoms in total. The van der Waals surface area contributed by atoms with E-state index in [9.17, 15) is 8.42 Å². The summed E-state index contributed by atoms with van der Waals surface area (Å²) in [6.45, 7) is 3.52. The summed E-state index contributed by atoms with van der Waals surface area (Å²) >= 11 is 1.20. The number of ether oxygens (including phenoxy) is 1. The molecule has 2 aliphatic heterocycles. The maximum absolute atomic E-state index is 11.5. The Morgan fingerprint density at radius 3 is 2.71 bits per heavy atom. The summed E-state index contributed by atoms with van der Waals surface area (Å²) in [5.74, 6) is 0.698. The molecule has 0 spiro atoms. The van der Waals surface area contributed by atoms with Gasteiger partial charge in [-0.1, -0.05) is 11.3 Å². The van der Waals surface area contributed by atoms with Crippen molar-refractivity contribution in [1.29, 1.82) is 0 Å². The van der Waals surface area contributed by atoms with Crippen molar-refractivity contribution < 1.29 is 13.2 Å². The van der Waals surface area contributed by atoms with E-state index < -0.39 is 9.84 Å². The van der Waals surface area contributed by atoms with Crippen LogP contribution >= 0.6 is 11.3 Å². The number of sulfone groups is 1. The highest BCUT2D eigenvalue weighted by Crippen LogP contribution is 2.32. The number of hydrogen-bond acceptors (Lipinski definition) is 7. The van der Waals surface area contributed by atoms with E-state index in [-0.39, 0.29) is 4.34 Å². The van der Waals surface area contributed by atoms with Crippen molar-refractivity contribution in [2.24, 2.45) is 5.92 Å². The molecule has 3 heterocycles. The maximum Gasteiger partial charge on any atom is 0.232 e. The molecule has 2 aliphatic rings. The fraction of sp³-hybridized carbons (Fsp3) is 0.846. The van der Waals surface area contributed by atoms with Gasteiger partial charge in [-0.25, -0.2) is 8.42 Å². The molecule has 0 saturated carbocycles. The molecule has 1 aromatic rings. The van der Waals surface area contributed by atoms with Crippen LogP contribution in [0.25, 0.3) is 0 Å². The first-order valence-electron chi connectivity index (χ1n) is 7.38. The van der Waals surface area contributed by atoms with Gasteiger partial charge in [-0.2, -0.15) is 0 Å². The maximum atomic E-state index is 11.5. The predicted molar refractivity (Wildman–Crippen MR) is 80.0 cm³/mol. The molecular formula is C13H21N3O3S2. The van der Waals surface area contributed by atoms with Crippen molar-refractivity contribution in [1.82, 2.24) is 15.1 Å². The zero-order chi connectivity index (χ0) is 14.9. The standard InChI is InChI=1S/C13H21N3O3S2/c1-21(17,18)13-15-14-12(20-13)9-16-6-2-3-11(16)10-4-7-19-8-5-10/h10-11H,2-9H2,1H3. The van der Waals surface area contributed by atoms with E-state index in [2.05, 4.69) is 15.1 Å². The molecule has 0 bridgehead atoms. The van der Waals surface area contributed by atoms with Crippen LogP contribution in [0.1, 0.15) is 30.7 Å². The van der Waals surface area contributed by atoms with Crippen molar-refractivity contribution >= 4 is 21.2 Å². The zero-order valence-electron chi connectivity index (χ0n) is 12.2. The second-order valence-electron chi connectivity index (χ2n) is 5.86. The van der Waals surface area contributed by atoms with Crippen molar-refractivity contribution in [3.8, 4) is 0 Å². The molecule has 1 unspecified atom stereocenters. The number of nitrogens with zero attached hydrogens (tertiary/aromatic N) is 3. The topological polar surface area (TPSA) is 72.4 Å². The van der Waals surface area contributed by atoms with Gasteiger partial charge in [0.1, 0.15) is 5.01 Å². The third kappa shape index (κ3) is 3.61. The van der Waals surface area contributed by atoms with Crippen molar-refractivity contribution in [2.75, 3.05) is 26.0 Å². The Balaban J connectivity index is 1.67. The summed E-state index contributed by atoms with van der Waals surface area (Å²) in [6.07, 6.45) is 5.87. The van der Waals surface area contributed by atoms with E-state index in [1.807, 2.05) is 0 Å². The van der Waals surface area contributed by atoms with E-state index in [0.29, 0.717) is 12.0 Å². The Bertz CT molecular complexity index is 581. The van der Waals surface area contributed by atoms with E-state index in [4.69, 9.17) is 4.74 Å². The van der Waals surface area contributed by atoms with Gasteiger partial charge in [-0.05, 0) is 38.1 Å². The van der Waals surface area contributed by atoms with E-state index in [1.54, 1.807) is 0 Å². The van der Waals surface area contributed by atoms with Gasteiger partial charge in [0.25, 0.3) is 0 Å². The van der Waals surface area contributed by atoms with Crippen molar-refractivity contribution in [3.63, 3.8) is 0 Å². The fourth-order valence-electron chi connectivity index (χ4n) is 3.31. The second-order valence-corrected chi connectivity index (χ2v) is 9.12. The predicted octanol–water partition coefficient (Wildman–Crippen LogP) is 1.33. The molecule has 0 N–H and O–H groups in total. The van der Waals surface area contributed by atoms with Crippen LogP contribution < -0.4 is 0 Å². The lowest BCUT2D eigenvalue weighted by Gasteiger charge is -2.33. The summed E-state index contributed by atoms with van der Waals surface area (Å²) in [7, 11) is -3.24. The van der Waals surface area contributed by atoms with Crippen molar-refractivity contribution in [2.45, 2.75) is 42.6 Å². The molecule has 1 atom stereocenters. The van der Waals surface area contributed by atoms with Gasteiger partial charge in [-0.15, -0.1) is 10.2 Å². The van der Waals surface area contributed by atoms with Gasteiger partial charge in [0, 0.05) is 25.5 Å². The largest absolute Gasteiger partial charge is 0.381 e. The Morgan fingerprint density at radius 1 is 1.29 bits per heavy atom. The van der Waals surface area contributed by atoms with Crippen LogP contribution in [0.2, 0.25) is 0 Å². The third-order valence-corrected chi connectivity index (χ3v) is 6.91. The van der Waals surface area contributed by atoms with Crippen molar-refractivity contribution in [3.05, 3.63) is 5.01 Å². The monoisotopic (exact) mass is 331 g/mol. The first-order valence-corrected chi connectivity index (χ1v) is 10.1. The highest BCUT2D eigenvalue weighted by atomic mass is 32.2. The lowest BCUT2D eigenvalue weighted by Crippen LogP contribution is -2.37. The minimum absolute atomic E-state index is 0.124. The molecule has 118 valence electrons. The summed E-state index contributed by atoms with van der Waals surface area (Å²) in [4.78, 5) is 2.45. The normalized spacial score (nSPS) is 25.5. The van der Waals surface area contributed by atoms with Crippen LogP contribution in [0, 0.1) is 5.92 Å². The third-order valence-electron chi connectivity index (χ3n) is 4.33. The number of rotatable bonds is 4. The quantitative estimate of drug-likeness (QED) is 0.829. The molecular weight excluding hydrogens is 310 g/mol. The van der Waals surface area contributed by atoms with Gasteiger partial charge < -0.3 is 4.74 Å². The molecule has 0 aromatic carbocycles. The van der Waals surface area contributed by atoms with Gasteiger partial charge >= 0.3 is 0 Å². The molecule has 2 fully saturated rings. The van der Waals surface area contributed by atoms with Gasteiger partial charge in [0.15, 0.2) is 0 Å². The summed E-state index contributed by atoms with van der Waals surface area (Å²) in [5.41, 5.74) is 0. The molecule has 3 rings (SSSR count). The van der Waals surface area contributed by atoms with Crippen LogP contribution in [-0.4, -0.2) is 55.6 Å². The summed E-state index contributed by atoms with van der Waals surface area (Å²) in [5, 5.41) is 8.65. The SMILES string of the molecule is CS(=O)(=O)c1nnc(CN2CCCC2C2CCOCC2)s1. The number of hydrogen-bond donors (Lipinski definition) is 0. The van der Waals surface area contributed by atoms with E-state index >= 15 is 0 Å². The highest BCUT2D eigenvalue weighted by Gasteiger charge is 2.33. The lowest BCUT2D eigenvalue weighted by atomic mass is 9.90. The molecule has 2 saturated heterocycles. The number of likely N-dealkylation sites (tertiary alicyclic amines) is 1. The molecule has 0 aliphatic carbocycles. The van der Waals surface area contributed by atoms with E-state index in [1.165, 1.54) is 30.4 Å². The molecule has 0 radical (unpaired) electrons. The average Bonchev–Trinajstić information content (AvgIpc) is 3.09. The molecule has 21 heavy (non-hydrogen) atoms. The fourth-order valence-corrected chi connectivity index (χ4v) is 4.99. The van der Waals surface area contributed by atoms with Crippen LogP contribution in [0.5, 0.6) is 0 Å². The van der Waals surface area contributed by atoms with Crippen LogP contribution in [-0.2, 0) is 21.1 Å². The Morgan fingerprint density at radius 2 is 2.05 bits per heavy atom. The van der Waals surface area contributed by atoms with Crippen LogP contribution in [0.4, 0.5) is 0 Å². The van der Waals surface area contributed by atoms with Gasteiger partial charge in [0.05, 0.1) is 6.54 Å². The Labute approximate surface area is 129 Å². The van der Waals surface area contributed by atoms with Gasteiger partial charge in [-0.3, -0.25) is 4.90 Å². The molecule has 1 aromatic heterocycles. The summed E-state index contributed by atoms with van der Waals surface area (Å²) in [6, 6.07) is 0.583. The van der Waals surface area contributed by atoms with Gasteiger partial charge in [0.2, 0.25) is 14.2 Å². The highest BCUT2D eigenvalue weighted by molar-refractivity contribution is 7.92. The zero-order valence-corrected chi connectivity index (χ0v) is 13.8. The minimum Gasteiger partial charge on any atom is -0.381 e.